The average molecular weight is 301 g/mol. The van der Waals surface area contributed by atoms with Gasteiger partial charge in [-0.15, -0.1) is 0 Å². The van der Waals surface area contributed by atoms with E-state index in [0.29, 0.717) is 0 Å². The van der Waals surface area contributed by atoms with Gasteiger partial charge in [0.05, 0.1) is 16.9 Å². The summed E-state index contributed by atoms with van der Waals surface area (Å²) in [6.45, 7) is 1.74. The van der Waals surface area contributed by atoms with Gasteiger partial charge in [-0.2, -0.15) is 0 Å². The zero-order chi connectivity index (χ0) is 14.0. The molecule has 1 N–H and O–H groups in total. The van der Waals surface area contributed by atoms with E-state index in [0.717, 1.165) is 11.8 Å². The van der Waals surface area contributed by atoms with E-state index >= 15 is 0 Å². The Hall–Kier alpha value is -1.66. The Morgan fingerprint density at radius 3 is 2.74 bits per heavy atom. The van der Waals surface area contributed by atoms with Gasteiger partial charge in [0.2, 0.25) is 0 Å². The first-order valence-electron chi connectivity index (χ1n) is 5.28. The standard InChI is InChI=1S/C12H10ClFN2O2S/c1-8-2-3-9(13)12(6-8)19(17,18)16-11-4-5-15-7-10(11)14/h2-7H,1H3,(H,15,16). The minimum absolute atomic E-state index is 0.0764. The topological polar surface area (TPSA) is 59.1 Å². The van der Waals surface area contributed by atoms with Crippen molar-refractivity contribution >= 4 is 27.3 Å². The van der Waals surface area contributed by atoms with Gasteiger partial charge in [-0.3, -0.25) is 9.71 Å². The first-order chi connectivity index (χ1) is 8.90. The van der Waals surface area contributed by atoms with E-state index in [-0.39, 0.29) is 15.6 Å². The summed E-state index contributed by atoms with van der Waals surface area (Å²) in [5, 5.41) is 0.0764. The van der Waals surface area contributed by atoms with Gasteiger partial charge >= 0.3 is 0 Å². The van der Waals surface area contributed by atoms with Crippen molar-refractivity contribution < 1.29 is 12.8 Å². The molecule has 2 rings (SSSR count). The Morgan fingerprint density at radius 1 is 1.32 bits per heavy atom. The number of halogens is 2. The summed E-state index contributed by atoms with van der Waals surface area (Å²) >= 11 is 5.86. The summed E-state index contributed by atoms with van der Waals surface area (Å²) in [4.78, 5) is 3.45. The number of pyridine rings is 1. The highest BCUT2D eigenvalue weighted by Crippen LogP contribution is 2.25. The lowest BCUT2D eigenvalue weighted by molar-refractivity contribution is 0.598. The van der Waals surface area contributed by atoms with Crippen LogP contribution in [-0.4, -0.2) is 13.4 Å². The number of anilines is 1. The van der Waals surface area contributed by atoms with Gasteiger partial charge < -0.3 is 0 Å². The maximum Gasteiger partial charge on any atom is 0.263 e. The Morgan fingerprint density at radius 2 is 2.05 bits per heavy atom. The number of nitrogens with one attached hydrogen (secondary N) is 1. The molecule has 0 saturated heterocycles. The van der Waals surface area contributed by atoms with Crippen LogP contribution in [0.5, 0.6) is 0 Å². The van der Waals surface area contributed by atoms with Gasteiger partial charge in [0.15, 0.2) is 5.82 Å². The molecule has 1 aromatic carbocycles. The van der Waals surface area contributed by atoms with Crippen LogP contribution in [0.3, 0.4) is 0 Å². The summed E-state index contributed by atoms with van der Waals surface area (Å²) in [6, 6.07) is 5.82. The molecule has 4 nitrogen and oxygen atoms in total. The molecule has 100 valence electrons. The van der Waals surface area contributed by atoms with Gasteiger partial charge in [0.1, 0.15) is 4.90 Å². The molecule has 0 radical (unpaired) electrons. The molecule has 7 heteroatoms. The van der Waals surface area contributed by atoms with E-state index in [1.165, 1.54) is 24.4 Å². The number of nitrogens with zero attached hydrogens (tertiary/aromatic N) is 1. The third-order valence-electron chi connectivity index (χ3n) is 2.39. The van der Waals surface area contributed by atoms with Crippen molar-refractivity contribution in [2.75, 3.05) is 4.72 Å². The van der Waals surface area contributed by atoms with Crippen LogP contribution in [0.2, 0.25) is 5.02 Å². The van der Waals surface area contributed by atoms with Gasteiger partial charge in [-0.05, 0) is 30.7 Å². The van der Waals surface area contributed by atoms with Crippen molar-refractivity contribution in [3.05, 3.63) is 53.1 Å². The molecule has 1 heterocycles. The van der Waals surface area contributed by atoms with Crippen LogP contribution in [0.1, 0.15) is 5.56 Å². The fourth-order valence-electron chi connectivity index (χ4n) is 1.47. The molecular formula is C12H10ClFN2O2S. The first kappa shape index (κ1) is 13.8. The quantitative estimate of drug-likeness (QED) is 0.948. The minimum atomic E-state index is -3.94. The largest absolute Gasteiger partial charge is 0.276 e. The molecule has 1 aromatic heterocycles. The molecule has 0 aliphatic heterocycles. The van der Waals surface area contributed by atoms with Gasteiger partial charge in [0.25, 0.3) is 10.0 Å². The van der Waals surface area contributed by atoms with Crippen molar-refractivity contribution in [1.82, 2.24) is 4.98 Å². The third-order valence-corrected chi connectivity index (χ3v) is 4.24. The number of hydrogen-bond donors (Lipinski definition) is 1. The third kappa shape index (κ3) is 3.02. The Balaban J connectivity index is 2.44. The predicted molar refractivity (Wildman–Crippen MR) is 71.2 cm³/mol. The van der Waals surface area contributed by atoms with E-state index in [1.807, 2.05) is 0 Å². The number of aryl methyl sites for hydroxylation is 1. The van der Waals surface area contributed by atoms with Crippen LogP contribution in [0.15, 0.2) is 41.6 Å². The van der Waals surface area contributed by atoms with E-state index in [2.05, 4.69) is 9.71 Å². The molecule has 0 unspecified atom stereocenters. The second-order valence-corrected chi connectivity index (χ2v) is 5.95. The van der Waals surface area contributed by atoms with Crippen molar-refractivity contribution in [2.24, 2.45) is 0 Å². The summed E-state index contributed by atoms with van der Waals surface area (Å²) in [5.74, 6) is -0.755. The monoisotopic (exact) mass is 300 g/mol. The molecule has 0 aliphatic carbocycles. The normalized spacial score (nSPS) is 11.3. The SMILES string of the molecule is Cc1ccc(Cl)c(S(=O)(=O)Nc2ccncc2F)c1. The molecule has 2 aromatic rings. The second-order valence-electron chi connectivity index (χ2n) is 3.89. The van der Waals surface area contributed by atoms with Crippen LogP contribution in [-0.2, 0) is 10.0 Å². The summed E-state index contributed by atoms with van der Waals surface area (Å²) < 4.78 is 39.8. The fraction of sp³-hybridized carbons (Fsp3) is 0.0833. The smallest absolute Gasteiger partial charge is 0.263 e. The highest BCUT2D eigenvalue weighted by Gasteiger charge is 2.19. The lowest BCUT2D eigenvalue weighted by Crippen LogP contribution is -2.14. The molecule has 0 aliphatic rings. The van der Waals surface area contributed by atoms with Crippen LogP contribution in [0.25, 0.3) is 0 Å². The van der Waals surface area contributed by atoms with E-state index < -0.39 is 15.8 Å². The van der Waals surface area contributed by atoms with Crippen molar-refractivity contribution in [3.8, 4) is 0 Å². The van der Waals surface area contributed by atoms with E-state index in [1.54, 1.807) is 13.0 Å². The lowest BCUT2D eigenvalue weighted by atomic mass is 10.2. The van der Waals surface area contributed by atoms with Crippen LogP contribution >= 0.6 is 11.6 Å². The Bertz CT molecular complexity index is 719. The van der Waals surface area contributed by atoms with Crippen molar-refractivity contribution in [2.45, 2.75) is 11.8 Å². The fourth-order valence-corrected chi connectivity index (χ4v) is 3.13. The van der Waals surface area contributed by atoms with Crippen LogP contribution in [0.4, 0.5) is 10.1 Å². The van der Waals surface area contributed by atoms with Crippen LogP contribution < -0.4 is 4.72 Å². The number of aromatic nitrogens is 1. The van der Waals surface area contributed by atoms with Gasteiger partial charge in [-0.1, -0.05) is 17.7 Å². The van der Waals surface area contributed by atoms with E-state index in [4.69, 9.17) is 11.6 Å². The molecule has 0 saturated carbocycles. The summed E-state index contributed by atoms with van der Waals surface area (Å²) in [6.07, 6.45) is 2.22. The number of benzene rings is 1. The summed E-state index contributed by atoms with van der Waals surface area (Å²) in [5.41, 5.74) is 0.563. The molecule has 19 heavy (non-hydrogen) atoms. The summed E-state index contributed by atoms with van der Waals surface area (Å²) in [7, 11) is -3.94. The number of rotatable bonds is 3. The van der Waals surface area contributed by atoms with Gasteiger partial charge in [-0.25, -0.2) is 12.8 Å². The Kier molecular flexibility index (Phi) is 3.73. The molecule has 0 bridgehead atoms. The molecule has 0 fully saturated rings. The molecule has 0 spiro atoms. The first-order valence-corrected chi connectivity index (χ1v) is 7.15. The maximum absolute atomic E-state index is 13.4. The number of sulfonamides is 1. The number of hydrogen-bond acceptors (Lipinski definition) is 3. The minimum Gasteiger partial charge on any atom is -0.276 e. The predicted octanol–water partition coefficient (Wildman–Crippen LogP) is 2.98. The highest BCUT2D eigenvalue weighted by molar-refractivity contribution is 7.92. The van der Waals surface area contributed by atoms with Crippen molar-refractivity contribution in [1.29, 1.82) is 0 Å². The molecule has 0 atom stereocenters. The molecular weight excluding hydrogens is 291 g/mol. The van der Waals surface area contributed by atoms with E-state index in [9.17, 15) is 12.8 Å². The second kappa shape index (κ2) is 5.14. The van der Waals surface area contributed by atoms with Crippen LogP contribution in [0, 0.1) is 12.7 Å². The highest BCUT2D eigenvalue weighted by atomic mass is 35.5. The van der Waals surface area contributed by atoms with Crippen molar-refractivity contribution in [3.63, 3.8) is 0 Å². The average Bonchev–Trinajstić information content (AvgIpc) is 2.35. The van der Waals surface area contributed by atoms with Gasteiger partial charge in [0, 0.05) is 6.20 Å². The Labute approximate surface area is 115 Å². The zero-order valence-electron chi connectivity index (χ0n) is 9.89. The maximum atomic E-state index is 13.4. The lowest BCUT2D eigenvalue weighted by Gasteiger charge is -2.10. The zero-order valence-corrected chi connectivity index (χ0v) is 11.5. The molecule has 0 amide bonds.